The Bertz CT molecular complexity index is 588. The number of unbranched alkanes of at least 4 members (excludes halogenated alkanes) is 3. The minimum Gasteiger partial charge on any atom is -0.496 e. The van der Waals surface area contributed by atoms with Crippen molar-refractivity contribution in [1.82, 2.24) is 0 Å². The van der Waals surface area contributed by atoms with E-state index in [4.69, 9.17) is 22.8 Å². The van der Waals surface area contributed by atoms with Crippen LogP contribution in [0.25, 0.3) is 6.08 Å². The van der Waals surface area contributed by atoms with Crippen LogP contribution in [0.15, 0.2) is 30.3 Å². The average Bonchev–Trinajstić information content (AvgIpc) is 2.72. The topological polar surface area (TPSA) is 63.2 Å². The van der Waals surface area contributed by atoms with Gasteiger partial charge in [0.25, 0.3) is 0 Å². The second-order valence-electron chi connectivity index (χ2n) is 6.39. The first-order chi connectivity index (χ1) is 14.1. The maximum atomic E-state index is 11.9. The highest BCUT2D eigenvalue weighted by atomic mass is 28.4. The molecular weight excluding hydrogens is 388 g/mol. The predicted molar refractivity (Wildman–Crippen MR) is 117 cm³/mol. The number of para-hydroxylation sites is 1. The van der Waals surface area contributed by atoms with Crippen LogP contribution in [-0.2, 0) is 22.8 Å². The zero-order valence-electron chi connectivity index (χ0n) is 18.3. The first-order valence-corrected chi connectivity index (χ1v) is 12.4. The van der Waals surface area contributed by atoms with Gasteiger partial charge in [-0.25, -0.2) is 4.79 Å². The second-order valence-corrected chi connectivity index (χ2v) is 9.12. The van der Waals surface area contributed by atoms with E-state index in [2.05, 4.69) is 0 Å². The van der Waals surface area contributed by atoms with E-state index in [-0.39, 0.29) is 5.97 Å². The van der Waals surface area contributed by atoms with E-state index in [0.29, 0.717) is 26.4 Å². The molecule has 0 bridgehead atoms. The molecule has 0 atom stereocenters. The summed E-state index contributed by atoms with van der Waals surface area (Å²) in [6, 6.07) is 8.35. The number of hydrogen-bond acceptors (Lipinski definition) is 6. The first-order valence-electron chi connectivity index (χ1n) is 10.5. The van der Waals surface area contributed by atoms with Crippen molar-refractivity contribution >= 4 is 20.8 Å². The van der Waals surface area contributed by atoms with Crippen LogP contribution >= 0.6 is 0 Å². The fourth-order valence-corrected chi connectivity index (χ4v) is 5.67. The van der Waals surface area contributed by atoms with Gasteiger partial charge in [-0.2, -0.15) is 0 Å². The van der Waals surface area contributed by atoms with Crippen molar-refractivity contribution in [2.24, 2.45) is 0 Å². The van der Waals surface area contributed by atoms with Crippen molar-refractivity contribution in [1.29, 1.82) is 0 Å². The van der Waals surface area contributed by atoms with Crippen molar-refractivity contribution in [3.63, 3.8) is 0 Å². The van der Waals surface area contributed by atoms with Crippen LogP contribution in [0.2, 0.25) is 6.04 Å². The zero-order valence-corrected chi connectivity index (χ0v) is 19.3. The fourth-order valence-electron chi connectivity index (χ4n) is 2.98. The van der Waals surface area contributed by atoms with Gasteiger partial charge in [-0.3, -0.25) is 0 Å². The van der Waals surface area contributed by atoms with Crippen molar-refractivity contribution in [2.75, 3.05) is 33.5 Å². The summed E-state index contributed by atoms with van der Waals surface area (Å²) in [5, 5.41) is 0. The number of carbonyl (C=O) groups is 1. The van der Waals surface area contributed by atoms with Gasteiger partial charge in [0.2, 0.25) is 0 Å². The Kier molecular flexibility index (Phi) is 13.3. The molecule has 29 heavy (non-hydrogen) atoms. The van der Waals surface area contributed by atoms with Gasteiger partial charge in [-0.1, -0.05) is 31.0 Å². The third-order valence-electron chi connectivity index (χ3n) is 4.25. The molecule has 0 amide bonds. The molecule has 0 heterocycles. The van der Waals surface area contributed by atoms with E-state index in [1.807, 2.05) is 45.0 Å². The van der Waals surface area contributed by atoms with Crippen LogP contribution in [0.5, 0.6) is 5.75 Å². The van der Waals surface area contributed by atoms with E-state index in [9.17, 15) is 4.79 Å². The Morgan fingerprint density at radius 2 is 1.55 bits per heavy atom. The number of methoxy groups -OCH3 is 1. The number of hydrogen-bond donors (Lipinski definition) is 0. The summed E-state index contributed by atoms with van der Waals surface area (Å²) in [6.45, 7) is 8.13. The highest BCUT2D eigenvalue weighted by Crippen LogP contribution is 2.20. The van der Waals surface area contributed by atoms with Gasteiger partial charge < -0.3 is 22.8 Å². The molecule has 6 nitrogen and oxygen atoms in total. The molecule has 0 aliphatic heterocycles. The molecule has 0 saturated carbocycles. The van der Waals surface area contributed by atoms with Crippen molar-refractivity contribution in [2.45, 2.75) is 52.5 Å². The second kappa shape index (κ2) is 15.2. The van der Waals surface area contributed by atoms with Crippen molar-refractivity contribution < 1.29 is 27.5 Å². The highest BCUT2D eigenvalue weighted by Gasteiger charge is 2.39. The lowest BCUT2D eigenvalue weighted by molar-refractivity contribution is -0.137. The van der Waals surface area contributed by atoms with Crippen LogP contribution in [0, 0.1) is 0 Å². The molecule has 0 fully saturated rings. The minimum absolute atomic E-state index is 0.341. The SMILES string of the molecule is CCO[Si](CCCCCCOC(=O)/C=C/c1ccccc1OC)(OCC)OCC. The molecule has 0 aromatic heterocycles. The van der Waals surface area contributed by atoms with Gasteiger partial charge in [-0.05, 0) is 45.8 Å². The summed E-state index contributed by atoms with van der Waals surface area (Å²) >= 11 is 0. The molecule has 0 radical (unpaired) electrons. The first kappa shape index (κ1) is 25.4. The van der Waals surface area contributed by atoms with Crippen LogP contribution < -0.4 is 4.74 Å². The fraction of sp³-hybridized carbons (Fsp3) is 0.591. The molecule has 1 aromatic rings. The largest absolute Gasteiger partial charge is 0.500 e. The molecule has 0 saturated heterocycles. The van der Waals surface area contributed by atoms with E-state index in [1.165, 1.54) is 6.08 Å². The number of rotatable bonds is 16. The molecule has 0 N–H and O–H groups in total. The summed E-state index contributed by atoms with van der Waals surface area (Å²) in [6.07, 6.45) is 6.97. The molecule has 0 spiro atoms. The van der Waals surface area contributed by atoms with Gasteiger partial charge in [0.05, 0.1) is 13.7 Å². The molecule has 0 aliphatic carbocycles. The van der Waals surface area contributed by atoms with E-state index in [1.54, 1.807) is 13.2 Å². The highest BCUT2D eigenvalue weighted by molar-refractivity contribution is 6.60. The Morgan fingerprint density at radius 3 is 2.17 bits per heavy atom. The average molecular weight is 425 g/mol. The molecule has 0 unspecified atom stereocenters. The van der Waals surface area contributed by atoms with Gasteiger partial charge >= 0.3 is 14.8 Å². The Hall–Kier alpha value is -1.67. The molecule has 0 aliphatic rings. The molecular formula is C22H36O6Si. The normalized spacial score (nSPS) is 11.7. The van der Waals surface area contributed by atoms with E-state index in [0.717, 1.165) is 43.0 Å². The maximum absolute atomic E-state index is 11.9. The van der Waals surface area contributed by atoms with E-state index < -0.39 is 8.80 Å². The van der Waals surface area contributed by atoms with Gasteiger partial charge in [0, 0.05) is 37.5 Å². The molecule has 164 valence electrons. The number of ether oxygens (including phenoxy) is 2. The number of esters is 1. The van der Waals surface area contributed by atoms with Crippen molar-refractivity contribution in [3.05, 3.63) is 35.9 Å². The lowest BCUT2D eigenvalue weighted by Gasteiger charge is -2.28. The Labute approximate surface area is 176 Å². The number of carbonyl (C=O) groups excluding carboxylic acids is 1. The van der Waals surface area contributed by atoms with E-state index >= 15 is 0 Å². The summed E-state index contributed by atoms with van der Waals surface area (Å²) in [5.74, 6) is 0.383. The quantitative estimate of drug-likeness (QED) is 0.163. The summed E-state index contributed by atoms with van der Waals surface area (Å²) in [4.78, 5) is 11.9. The lowest BCUT2D eigenvalue weighted by atomic mass is 10.2. The zero-order chi connectivity index (χ0) is 21.4. The number of benzene rings is 1. The van der Waals surface area contributed by atoms with Crippen LogP contribution in [-0.4, -0.2) is 48.3 Å². The summed E-state index contributed by atoms with van der Waals surface area (Å²) < 4.78 is 28.1. The standard InChI is InChI=1S/C22H36O6Si/c1-5-26-29(27-6-2,28-7-3)19-13-9-8-12-18-25-22(23)17-16-20-14-10-11-15-21(20)24-4/h10-11,14-17H,5-9,12-13,18-19H2,1-4H3/b17-16+. The summed E-state index contributed by atoms with van der Waals surface area (Å²) in [7, 11) is -0.932. The third-order valence-corrected chi connectivity index (χ3v) is 7.40. The van der Waals surface area contributed by atoms with Crippen LogP contribution in [0.4, 0.5) is 0 Å². The third kappa shape index (κ3) is 10.1. The predicted octanol–water partition coefficient (Wildman–Crippen LogP) is 4.86. The Balaban J connectivity index is 2.25. The smallest absolute Gasteiger partial charge is 0.496 e. The lowest BCUT2D eigenvalue weighted by Crippen LogP contribution is -2.45. The van der Waals surface area contributed by atoms with Crippen LogP contribution in [0.3, 0.4) is 0 Å². The minimum atomic E-state index is -2.54. The van der Waals surface area contributed by atoms with Gasteiger partial charge in [0.15, 0.2) is 0 Å². The maximum Gasteiger partial charge on any atom is 0.500 e. The summed E-state index contributed by atoms with van der Waals surface area (Å²) in [5.41, 5.74) is 0.845. The van der Waals surface area contributed by atoms with Crippen molar-refractivity contribution in [3.8, 4) is 5.75 Å². The van der Waals surface area contributed by atoms with Crippen LogP contribution in [0.1, 0.15) is 52.0 Å². The molecule has 7 heteroatoms. The van der Waals surface area contributed by atoms with Gasteiger partial charge in [0.1, 0.15) is 5.75 Å². The Morgan fingerprint density at radius 1 is 0.931 bits per heavy atom. The molecule has 1 aromatic carbocycles. The molecule has 1 rings (SSSR count). The monoisotopic (exact) mass is 424 g/mol. The van der Waals surface area contributed by atoms with Gasteiger partial charge in [-0.15, -0.1) is 0 Å².